The standard InChI is InChI=1S/C27H29N9O2S/c1-18-5-7-21(8-6-18)36-24(31-27(37)22-16-29-35-12-4-11-28-26(22)35)15-23(32-36)20-9-13-34(14-10-20)39(38)25-17-33(3)19(2)30-25/h4-8,11-12,15-17,20H,9-10,13-14H2,1-3H3,(H,31,37). The van der Waals surface area contributed by atoms with Crippen molar-refractivity contribution in [3.05, 3.63) is 83.8 Å². The Labute approximate surface area is 228 Å². The van der Waals surface area contributed by atoms with Crippen LogP contribution in [0.25, 0.3) is 11.3 Å². The fraction of sp³-hybridized carbons (Fsp3) is 0.296. The van der Waals surface area contributed by atoms with Gasteiger partial charge in [0.1, 0.15) is 28.2 Å². The molecule has 6 rings (SSSR count). The molecule has 1 N–H and O–H groups in total. The van der Waals surface area contributed by atoms with E-state index in [1.54, 1.807) is 27.7 Å². The molecule has 12 heteroatoms. The quantitative estimate of drug-likeness (QED) is 0.351. The van der Waals surface area contributed by atoms with Crippen molar-refractivity contribution in [2.75, 3.05) is 18.4 Å². The lowest BCUT2D eigenvalue weighted by Gasteiger charge is -2.29. The van der Waals surface area contributed by atoms with Crippen LogP contribution in [0.4, 0.5) is 5.82 Å². The summed E-state index contributed by atoms with van der Waals surface area (Å²) in [4.78, 5) is 22.0. The number of carbonyl (C=O) groups excluding carboxylic acids is 1. The average molecular weight is 544 g/mol. The molecular weight excluding hydrogens is 514 g/mol. The van der Waals surface area contributed by atoms with E-state index in [4.69, 9.17) is 5.10 Å². The molecule has 5 aromatic rings. The topological polar surface area (TPSA) is 115 Å². The third-order valence-corrected chi connectivity index (χ3v) is 8.53. The van der Waals surface area contributed by atoms with Gasteiger partial charge in [-0.15, -0.1) is 0 Å². The second-order valence-corrected chi connectivity index (χ2v) is 11.2. The van der Waals surface area contributed by atoms with Gasteiger partial charge < -0.3 is 9.88 Å². The van der Waals surface area contributed by atoms with Gasteiger partial charge in [-0.3, -0.25) is 4.79 Å². The molecule has 0 bridgehead atoms. The van der Waals surface area contributed by atoms with E-state index in [2.05, 4.69) is 20.4 Å². The van der Waals surface area contributed by atoms with E-state index in [9.17, 15) is 9.00 Å². The number of aromatic nitrogens is 7. The molecule has 1 aliphatic heterocycles. The Kier molecular flexibility index (Phi) is 6.57. The monoisotopic (exact) mass is 543 g/mol. The summed E-state index contributed by atoms with van der Waals surface area (Å²) in [6, 6.07) is 11.7. The van der Waals surface area contributed by atoms with Gasteiger partial charge in [0.05, 0.1) is 17.6 Å². The van der Waals surface area contributed by atoms with Crippen molar-refractivity contribution in [3.8, 4) is 5.69 Å². The maximum atomic E-state index is 13.3. The predicted octanol–water partition coefficient (Wildman–Crippen LogP) is 3.42. The molecule has 4 aromatic heterocycles. The van der Waals surface area contributed by atoms with E-state index >= 15 is 0 Å². The number of hydrogen-bond acceptors (Lipinski definition) is 6. The molecule has 0 radical (unpaired) electrons. The second-order valence-electron chi connectivity index (χ2n) is 9.79. The highest BCUT2D eigenvalue weighted by Gasteiger charge is 2.28. The fourth-order valence-corrected chi connectivity index (χ4v) is 6.07. The molecule has 1 atom stereocenters. The molecule has 1 saturated heterocycles. The minimum Gasteiger partial charge on any atom is -0.337 e. The summed E-state index contributed by atoms with van der Waals surface area (Å²) in [7, 11) is 0.611. The van der Waals surface area contributed by atoms with Gasteiger partial charge >= 0.3 is 0 Å². The van der Waals surface area contributed by atoms with Gasteiger partial charge in [0.25, 0.3) is 5.91 Å². The van der Waals surface area contributed by atoms with E-state index in [1.165, 1.54) is 6.20 Å². The van der Waals surface area contributed by atoms with Gasteiger partial charge in [0, 0.05) is 50.7 Å². The van der Waals surface area contributed by atoms with Crippen LogP contribution in [-0.4, -0.2) is 61.4 Å². The van der Waals surface area contributed by atoms with Crippen LogP contribution in [-0.2, 0) is 18.0 Å². The minimum absolute atomic E-state index is 0.171. The largest absolute Gasteiger partial charge is 0.337 e. The van der Waals surface area contributed by atoms with Crippen molar-refractivity contribution in [3.63, 3.8) is 0 Å². The van der Waals surface area contributed by atoms with E-state index in [0.717, 1.165) is 35.6 Å². The van der Waals surface area contributed by atoms with E-state index in [0.29, 0.717) is 35.1 Å². The Morgan fingerprint density at radius 2 is 1.90 bits per heavy atom. The molecular formula is C27H29N9O2S. The molecule has 1 aliphatic rings. The zero-order valence-corrected chi connectivity index (χ0v) is 22.8. The summed E-state index contributed by atoms with van der Waals surface area (Å²) in [5.41, 5.74) is 3.75. The lowest BCUT2D eigenvalue weighted by molar-refractivity contribution is 0.102. The molecule has 0 spiro atoms. The molecule has 1 fully saturated rings. The SMILES string of the molecule is Cc1ccc(-n2nc(C3CCN(S(=O)c4cn(C)c(C)n4)CC3)cc2NC(=O)c2cnn3cccnc23)cc1. The summed E-state index contributed by atoms with van der Waals surface area (Å²) < 4.78 is 20.3. The number of carbonyl (C=O) groups is 1. The van der Waals surface area contributed by atoms with Crippen LogP contribution in [0.2, 0.25) is 0 Å². The molecule has 0 saturated carbocycles. The fourth-order valence-electron chi connectivity index (χ4n) is 4.80. The van der Waals surface area contributed by atoms with E-state index in [-0.39, 0.29) is 11.8 Å². The van der Waals surface area contributed by atoms with Crippen LogP contribution in [0.5, 0.6) is 0 Å². The Bertz CT molecular complexity index is 1660. The maximum Gasteiger partial charge on any atom is 0.262 e. The Morgan fingerprint density at radius 1 is 1.13 bits per heavy atom. The van der Waals surface area contributed by atoms with Gasteiger partial charge in [-0.25, -0.2) is 27.7 Å². The van der Waals surface area contributed by atoms with Crippen molar-refractivity contribution in [1.82, 2.24) is 38.2 Å². The number of imidazole rings is 1. The highest BCUT2D eigenvalue weighted by molar-refractivity contribution is 7.82. The smallest absolute Gasteiger partial charge is 0.262 e. The first-order valence-electron chi connectivity index (χ1n) is 12.8. The van der Waals surface area contributed by atoms with Gasteiger partial charge in [0.2, 0.25) is 0 Å². The van der Waals surface area contributed by atoms with Crippen LogP contribution in [0.1, 0.15) is 46.2 Å². The third kappa shape index (κ3) is 4.88. The Morgan fingerprint density at radius 3 is 2.62 bits per heavy atom. The molecule has 1 amide bonds. The number of hydrogen-bond donors (Lipinski definition) is 1. The predicted molar refractivity (Wildman–Crippen MR) is 147 cm³/mol. The number of amides is 1. The zero-order valence-electron chi connectivity index (χ0n) is 22.0. The maximum absolute atomic E-state index is 13.3. The summed E-state index contributed by atoms with van der Waals surface area (Å²) >= 11 is 0. The molecule has 1 unspecified atom stereocenters. The van der Waals surface area contributed by atoms with Crippen molar-refractivity contribution in [2.45, 2.75) is 37.6 Å². The minimum atomic E-state index is -1.29. The normalized spacial score (nSPS) is 15.6. The number of nitrogens with zero attached hydrogens (tertiary/aromatic N) is 8. The van der Waals surface area contributed by atoms with Gasteiger partial charge in [-0.1, -0.05) is 17.7 Å². The Balaban J connectivity index is 1.24. The van der Waals surface area contributed by atoms with E-state index in [1.807, 2.05) is 66.3 Å². The molecule has 0 aliphatic carbocycles. The summed E-state index contributed by atoms with van der Waals surface area (Å²) in [6.07, 6.45) is 8.33. The van der Waals surface area contributed by atoms with Crippen molar-refractivity contribution >= 4 is 28.4 Å². The first-order chi connectivity index (χ1) is 18.9. The van der Waals surface area contributed by atoms with Gasteiger partial charge in [-0.2, -0.15) is 10.2 Å². The first-order valence-corrected chi connectivity index (χ1v) is 13.9. The number of rotatable bonds is 6. The van der Waals surface area contributed by atoms with E-state index < -0.39 is 11.0 Å². The van der Waals surface area contributed by atoms with Crippen LogP contribution in [0.3, 0.4) is 0 Å². The lowest BCUT2D eigenvalue weighted by atomic mass is 9.95. The summed E-state index contributed by atoms with van der Waals surface area (Å²) in [5, 5.41) is 12.8. The highest BCUT2D eigenvalue weighted by atomic mass is 32.2. The number of benzene rings is 1. The number of nitrogens with one attached hydrogen (secondary N) is 1. The van der Waals surface area contributed by atoms with Crippen LogP contribution >= 0.6 is 0 Å². The Hall–Kier alpha value is -4.16. The molecule has 1 aromatic carbocycles. The molecule has 200 valence electrons. The molecule has 5 heterocycles. The average Bonchev–Trinajstić information content (AvgIpc) is 3.66. The molecule has 11 nitrogen and oxygen atoms in total. The molecule has 39 heavy (non-hydrogen) atoms. The number of anilines is 1. The highest BCUT2D eigenvalue weighted by Crippen LogP contribution is 2.31. The third-order valence-electron chi connectivity index (χ3n) is 7.14. The van der Waals surface area contributed by atoms with Crippen molar-refractivity contribution in [2.24, 2.45) is 7.05 Å². The summed E-state index contributed by atoms with van der Waals surface area (Å²) in [5.74, 6) is 1.28. The lowest BCUT2D eigenvalue weighted by Crippen LogP contribution is -2.34. The number of piperidine rings is 1. The summed E-state index contributed by atoms with van der Waals surface area (Å²) in [6.45, 7) is 5.27. The second kappa shape index (κ2) is 10.2. The zero-order chi connectivity index (χ0) is 27.1. The van der Waals surface area contributed by atoms with Gasteiger partial charge in [0.15, 0.2) is 10.7 Å². The number of fused-ring (bicyclic) bond motifs is 1. The van der Waals surface area contributed by atoms with Gasteiger partial charge in [-0.05, 0) is 44.9 Å². The van der Waals surface area contributed by atoms with Crippen LogP contribution in [0.15, 0.2) is 66.2 Å². The number of aryl methyl sites for hydroxylation is 3. The first kappa shape index (κ1) is 25.1. The van der Waals surface area contributed by atoms with Crippen LogP contribution in [0, 0.1) is 13.8 Å². The van der Waals surface area contributed by atoms with Crippen LogP contribution < -0.4 is 5.32 Å². The van der Waals surface area contributed by atoms with Crippen molar-refractivity contribution in [1.29, 1.82) is 0 Å². The van der Waals surface area contributed by atoms with Crippen molar-refractivity contribution < 1.29 is 9.00 Å².